The molecule has 1 N–H and O–H groups in total. The number of nitrogens with one attached hydrogen (secondary N) is 1. The van der Waals surface area contributed by atoms with E-state index in [0.29, 0.717) is 25.6 Å². The van der Waals surface area contributed by atoms with E-state index in [1.165, 1.54) is 0 Å². The molecule has 2 heterocycles. The van der Waals surface area contributed by atoms with Crippen LogP contribution in [0.5, 0.6) is 0 Å². The lowest BCUT2D eigenvalue weighted by Gasteiger charge is -2.38. The summed E-state index contributed by atoms with van der Waals surface area (Å²) in [7, 11) is 0. The molecule has 0 unspecified atom stereocenters. The van der Waals surface area contributed by atoms with E-state index < -0.39 is 0 Å². The molecule has 2 rings (SSSR count). The lowest BCUT2D eigenvalue weighted by Crippen LogP contribution is -2.55. The predicted molar refractivity (Wildman–Crippen MR) is 89.0 cm³/mol. The number of carbonyl (C=O) groups is 2. The number of ether oxygens (including phenoxy) is 1. The Morgan fingerprint density at radius 3 is 2.65 bits per heavy atom. The summed E-state index contributed by atoms with van der Waals surface area (Å²) in [6, 6.07) is 0.288. The van der Waals surface area contributed by atoms with Gasteiger partial charge in [0.05, 0.1) is 13.2 Å². The van der Waals surface area contributed by atoms with Crippen molar-refractivity contribution in [1.82, 2.24) is 15.1 Å². The molecule has 2 aliphatic rings. The number of nitrogens with zero attached hydrogens (tertiary/aromatic N) is 2. The summed E-state index contributed by atoms with van der Waals surface area (Å²) in [6.07, 6.45) is 1.43. The number of carbonyl (C=O) groups excluding carboxylic acids is 2. The predicted octanol–water partition coefficient (Wildman–Crippen LogP) is 0.859. The summed E-state index contributed by atoms with van der Waals surface area (Å²) in [5.41, 5.74) is 0. The molecular weight excluding hydrogens is 294 g/mol. The highest BCUT2D eigenvalue weighted by Gasteiger charge is 2.35. The van der Waals surface area contributed by atoms with Crippen LogP contribution in [0.4, 0.5) is 0 Å². The first-order chi connectivity index (χ1) is 10.9. The van der Waals surface area contributed by atoms with Crippen LogP contribution in [0, 0.1) is 5.92 Å². The zero-order chi connectivity index (χ0) is 17.0. The molecule has 3 atom stereocenters. The maximum Gasteiger partial charge on any atom is 0.243 e. The monoisotopic (exact) mass is 325 g/mol. The van der Waals surface area contributed by atoms with Crippen LogP contribution in [-0.2, 0) is 14.3 Å². The third-order valence-corrected chi connectivity index (χ3v) is 4.90. The van der Waals surface area contributed by atoms with Gasteiger partial charge in [0.1, 0.15) is 6.04 Å². The van der Waals surface area contributed by atoms with Crippen molar-refractivity contribution in [2.24, 2.45) is 5.92 Å². The summed E-state index contributed by atoms with van der Waals surface area (Å²) in [6.45, 7) is 12.0. The van der Waals surface area contributed by atoms with Crippen molar-refractivity contribution in [2.45, 2.75) is 58.7 Å². The SMILES string of the molecule is CC(C)[C@H](C(=O)NC[C@H](C)N1CCOC[C@@H]1C)N1CCCC1=O. The minimum Gasteiger partial charge on any atom is -0.379 e. The van der Waals surface area contributed by atoms with Crippen molar-refractivity contribution in [3.63, 3.8) is 0 Å². The molecular formula is C17H31N3O3. The Morgan fingerprint density at radius 1 is 1.35 bits per heavy atom. The molecule has 2 amide bonds. The Hall–Kier alpha value is -1.14. The van der Waals surface area contributed by atoms with Crippen LogP contribution < -0.4 is 5.32 Å². The molecule has 132 valence electrons. The highest BCUT2D eigenvalue weighted by molar-refractivity contribution is 5.88. The molecule has 23 heavy (non-hydrogen) atoms. The molecule has 6 nitrogen and oxygen atoms in total. The first kappa shape index (κ1) is 18.2. The molecule has 2 aliphatic heterocycles. The minimum atomic E-state index is -0.348. The van der Waals surface area contributed by atoms with E-state index in [-0.39, 0.29) is 29.8 Å². The van der Waals surface area contributed by atoms with Crippen molar-refractivity contribution in [1.29, 1.82) is 0 Å². The van der Waals surface area contributed by atoms with Gasteiger partial charge in [-0.2, -0.15) is 0 Å². The van der Waals surface area contributed by atoms with Gasteiger partial charge in [-0.1, -0.05) is 13.8 Å². The molecule has 0 saturated carbocycles. The molecule has 2 fully saturated rings. The second kappa shape index (κ2) is 8.11. The fourth-order valence-corrected chi connectivity index (χ4v) is 3.63. The van der Waals surface area contributed by atoms with Crippen LogP contribution >= 0.6 is 0 Å². The van der Waals surface area contributed by atoms with Gasteiger partial charge in [-0.05, 0) is 26.2 Å². The Balaban J connectivity index is 1.89. The lowest BCUT2D eigenvalue weighted by molar-refractivity contribution is -0.139. The third kappa shape index (κ3) is 4.44. The van der Waals surface area contributed by atoms with Gasteiger partial charge in [-0.25, -0.2) is 0 Å². The smallest absolute Gasteiger partial charge is 0.243 e. The minimum absolute atomic E-state index is 0.0250. The van der Waals surface area contributed by atoms with Crippen LogP contribution in [0.1, 0.15) is 40.5 Å². The average molecular weight is 325 g/mol. The van der Waals surface area contributed by atoms with Gasteiger partial charge in [0.2, 0.25) is 11.8 Å². The zero-order valence-corrected chi connectivity index (χ0v) is 14.9. The van der Waals surface area contributed by atoms with Crippen LogP contribution in [-0.4, -0.2) is 72.6 Å². The van der Waals surface area contributed by atoms with Crippen molar-refractivity contribution < 1.29 is 14.3 Å². The van der Waals surface area contributed by atoms with Crippen molar-refractivity contribution in [2.75, 3.05) is 32.8 Å². The highest BCUT2D eigenvalue weighted by atomic mass is 16.5. The summed E-state index contributed by atoms with van der Waals surface area (Å²) in [5.74, 6) is 0.200. The van der Waals surface area contributed by atoms with E-state index >= 15 is 0 Å². The number of hydrogen-bond donors (Lipinski definition) is 1. The number of hydrogen-bond acceptors (Lipinski definition) is 4. The van der Waals surface area contributed by atoms with Crippen LogP contribution in [0.2, 0.25) is 0 Å². The average Bonchev–Trinajstić information content (AvgIpc) is 2.91. The van der Waals surface area contributed by atoms with Gasteiger partial charge in [0.15, 0.2) is 0 Å². The largest absolute Gasteiger partial charge is 0.379 e. The fourth-order valence-electron chi connectivity index (χ4n) is 3.63. The molecule has 2 saturated heterocycles. The van der Waals surface area contributed by atoms with Gasteiger partial charge in [-0.15, -0.1) is 0 Å². The second-order valence-electron chi connectivity index (χ2n) is 7.14. The van der Waals surface area contributed by atoms with E-state index in [4.69, 9.17) is 4.74 Å². The fraction of sp³-hybridized carbons (Fsp3) is 0.882. The first-order valence-corrected chi connectivity index (χ1v) is 8.82. The topological polar surface area (TPSA) is 61.9 Å². The summed E-state index contributed by atoms with van der Waals surface area (Å²) < 4.78 is 5.46. The Kier molecular flexibility index (Phi) is 6.41. The quantitative estimate of drug-likeness (QED) is 0.787. The van der Waals surface area contributed by atoms with Gasteiger partial charge in [0.25, 0.3) is 0 Å². The van der Waals surface area contributed by atoms with E-state index in [9.17, 15) is 9.59 Å². The summed E-state index contributed by atoms with van der Waals surface area (Å²) >= 11 is 0. The number of amides is 2. The summed E-state index contributed by atoms with van der Waals surface area (Å²) in [4.78, 5) is 28.7. The number of likely N-dealkylation sites (tertiary alicyclic amines) is 1. The number of rotatable bonds is 6. The molecule has 6 heteroatoms. The van der Waals surface area contributed by atoms with Crippen LogP contribution in [0.3, 0.4) is 0 Å². The van der Waals surface area contributed by atoms with Crippen molar-refractivity contribution in [3.05, 3.63) is 0 Å². The Morgan fingerprint density at radius 2 is 2.09 bits per heavy atom. The molecule has 0 bridgehead atoms. The van der Waals surface area contributed by atoms with E-state index in [0.717, 1.165) is 26.2 Å². The molecule has 0 aromatic heterocycles. The zero-order valence-electron chi connectivity index (χ0n) is 14.9. The van der Waals surface area contributed by atoms with Crippen molar-refractivity contribution in [3.8, 4) is 0 Å². The van der Waals surface area contributed by atoms with Gasteiger partial charge < -0.3 is 15.0 Å². The van der Waals surface area contributed by atoms with Crippen molar-refractivity contribution >= 4 is 11.8 Å². The standard InChI is InChI=1S/C17H31N3O3/c1-12(2)16(20-7-5-6-15(20)21)17(22)18-10-13(3)19-8-9-23-11-14(19)4/h12-14,16H,5-11H2,1-4H3,(H,18,22)/t13-,14-,16+/m0/s1. The van der Waals surface area contributed by atoms with E-state index in [2.05, 4.69) is 24.1 Å². The molecule has 0 aromatic rings. The number of morpholine rings is 1. The molecule has 0 radical (unpaired) electrons. The maximum absolute atomic E-state index is 12.6. The van der Waals surface area contributed by atoms with Crippen LogP contribution in [0.15, 0.2) is 0 Å². The van der Waals surface area contributed by atoms with Gasteiger partial charge in [-0.3, -0.25) is 14.5 Å². The van der Waals surface area contributed by atoms with Gasteiger partial charge >= 0.3 is 0 Å². The van der Waals surface area contributed by atoms with Gasteiger partial charge in [0, 0.05) is 38.1 Å². The molecule has 0 aliphatic carbocycles. The Bertz CT molecular complexity index is 427. The molecule has 0 aromatic carbocycles. The van der Waals surface area contributed by atoms with E-state index in [1.807, 2.05) is 13.8 Å². The first-order valence-electron chi connectivity index (χ1n) is 8.82. The normalized spacial score (nSPS) is 25.7. The Labute approximate surface area is 139 Å². The lowest BCUT2D eigenvalue weighted by atomic mass is 10.0. The third-order valence-electron chi connectivity index (χ3n) is 4.90. The van der Waals surface area contributed by atoms with Crippen LogP contribution in [0.25, 0.3) is 0 Å². The molecule has 0 spiro atoms. The highest BCUT2D eigenvalue weighted by Crippen LogP contribution is 2.19. The second-order valence-corrected chi connectivity index (χ2v) is 7.14. The maximum atomic E-state index is 12.6. The summed E-state index contributed by atoms with van der Waals surface area (Å²) in [5, 5.41) is 3.06. The van der Waals surface area contributed by atoms with E-state index in [1.54, 1.807) is 4.90 Å².